The Morgan fingerprint density at radius 2 is 1.68 bits per heavy atom. The lowest BCUT2D eigenvalue weighted by atomic mass is 9.79. The minimum atomic E-state index is -0.269. The van der Waals surface area contributed by atoms with Gasteiger partial charge in [0.15, 0.2) is 5.78 Å². The summed E-state index contributed by atoms with van der Waals surface area (Å²) in [6.07, 6.45) is 2.14. The number of anilines is 1. The highest BCUT2D eigenvalue weighted by atomic mass is 35.5. The van der Waals surface area contributed by atoms with E-state index in [-0.39, 0.29) is 29.2 Å². The average Bonchev–Trinajstić information content (AvgIpc) is 3.32. The molecule has 5 rings (SSSR count). The predicted molar refractivity (Wildman–Crippen MR) is 97.7 cm³/mol. The molecule has 2 bridgehead atoms. The highest BCUT2D eigenvalue weighted by Crippen LogP contribution is 2.57. The van der Waals surface area contributed by atoms with Gasteiger partial charge in [-0.2, -0.15) is 0 Å². The summed E-state index contributed by atoms with van der Waals surface area (Å²) in [5.41, 5.74) is 1.69. The third-order valence-electron chi connectivity index (χ3n) is 6.10. The molecule has 6 atom stereocenters. The molecule has 4 heteroatoms. The zero-order chi connectivity index (χ0) is 17.0. The Hall–Kier alpha value is -1.84. The van der Waals surface area contributed by atoms with Crippen molar-refractivity contribution in [2.75, 3.05) is 5.06 Å². The molecule has 2 aromatic rings. The number of para-hydroxylation sites is 1. The van der Waals surface area contributed by atoms with Crippen LogP contribution in [0.3, 0.4) is 0 Å². The van der Waals surface area contributed by atoms with Gasteiger partial charge < -0.3 is 0 Å². The molecule has 3 fully saturated rings. The van der Waals surface area contributed by atoms with Gasteiger partial charge in [-0.05, 0) is 30.9 Å². The summed E-state index contributed by atoms with van der Waals surface area (Å²) >= 11 is 6.53. The molecule has 2 aliphatic carbocycles. The van der Waals surface area contributed by atoms with Crippen LogP contribution in [-0.2, 0) is 4.84 Å². The monoisotopic (exact) mass is 353 g/mol. The largest absolute Gasteiger partial charge is 0.292 e. The number of carbonyl (C=O) groups excluding carboxylic acids is 1. The van der Waals surface area contributed by atoms with Gasteiger partial charge in [-0.25, -0.2) is 5.06 Å². The number of rotatable bonds is 3. The van der Waals surface area contributed by atoms with E-state index >= 15 is 0 Å². The number of ketones is 1. The first-order valence-electron chi connectivity index (χ1n) is 8.98. The molecule has 4 unspecified atom stereocenters. The van der Waals surface area contributed by atoms with Gasteiger partial charge in [0, 0.05) is 22.8 Å². The van der Waals surface area contributed by atoms with E-state index < -0.39 is 0 Å². The van der Waals surface area contributed by atoms with E-state index in [4.69, 9.17) is 16.4 Å². The molecular weight excluding hydrogens is 334 g/mol. The van der Waals surface area contributed by atoms with E-state index in [9.17, 15) is 4.79 Å². The summed E-state index contributed by atoms with van der Waals surface area (Å²) in [7, 11) is 0. The van der Waals surface area contributed by atoms with E-state index in [0.29, 0.717) is 11.8 Å². The Labute approximate surface area is 152 Å². The standard InChI is InChI=1S/C21H20ClNO2/c22-17-12-14-11-16(17)21-18(14)19(20(24)13-7-3-1-4-8-13)23(25-21)15-9-5-2-6-10-15/h1-10,14,16-19,21H,11-12H2/t14-,16?,17?,18-,19?,21?/m0/s1. The fourth-order valence-electron chi connectivity index (χ4n) is 5.06. The highest BCUT2D eigenvalue weighted by molar-refractivity contribution is 6.21. The molecule has 3 aliphatic rings. The van der Waals surface area contributed by atoms with Gasteiger partial charge in [-0.3, -0.25) is 9.63 Å². The lowest BCUT2D eigenvalue weighted by Crippen LogP contribution is -2.42. The first-order chi connectivity index (χ1) is 12.2. The normalized spacial score (nSPS) is 35.8. The summed E-state index contributed by atoms with van der Waals surface area (Å²) in [5.74, 6) is 1.21. The maximum atomic E-state index is 13.4. The number of hydrogen-bond acceptors (Lipinski definition) is 3. The molecule has 3 nitrogen and oxygen atoms in total. The van der Waals surface area contributed by atoms with Gasteiger partial charge in [0.05, 0.1) is 11.8 Å². The molecule has 25 heavy (non-hydrogen) atoms. The van der Waals surface area contributed by atoms with E-state index in [1.54, 1.807) is 0 Å². The summed E-state index contributed by atoms with van der Waals surface area (Å²) in [5, 5.41) is 2.04. The van der Waals surface area contributed by atoms with Crippen LogP contribution in [0.1, 0.15) is 23.2 Å². The van der Waals surface area contributed by atoms with Crippen LogP contribution >= 0.6 is 11.6 Å². The Morgan fingerprint density at radius 1 is 1.00 bits per heavy atom. The second-order valence-corrected chi connectivity index (χ2v) is 7.96. The van der Waals surface area contributed by atoms with Crippen molar-refractivity contribution in [2.45, 2.75) is 30.4 Å². The summed E-state index contributed by atoms with van der Waals surface area (Å²) in [6, 6.07) is 19.3. The van der Waals surface area contributed by atoms with Crippen molar-refractivity contribution >= 4 is 23.1 Å². The number of carbonyl (C=O) groups is 1. The van der Waals surface area contributed by atoms with Gasteiger partial charge in [-0.15, -0.1) is 11.6 Å². The summed E-state index contributed by atoms with van der Waals surface area (Å²) in [6.45, 7) is 0. The zero-order valence-corrected chi connectivity index (χ0v) is 14.5. The SMILES string of the molecule is O=C(c1ccccc1)C1[C@H]2C(ON1c1ccccc1)C1C[C@H]2CC1Cl. The van der Waals surface area contributed by atoms with Crippen LogP contribution < -0.4 is 5.06 Å². The lowest BCUT2D eigenvalue weighted by molar-refractivity contribution is 0.0371. The van der Waals surface area contributed by atoms with Crippen molar-refractivity contribution in [1.82, 2.24) is 0 Å². The molecule has 0 spiro atoms. The van der Waals surface area contributed by atoms with Crippen molar-refractivity contribution < 1.29 is 9.63 Å². The molecule has 2 aromatic carbocycles. The quantitative estimate of drug-likeness (QED) is 0.608. The molecule has 0 amide bonds. The fraction of sp³-hybridized carbons (Fsp3) is 0.381. The smallest absolute Gasteiger partial charge is 0.188 e. The van der Waals surface area contributed by atoms with Gasteiger partial charge in [0.1, 0.15) is 6.04 Å². The number of hydrogen-bond donors (Lipinski definition) is 0. The number of alkyl halides is 1. The number of hydroxylamine groups is 1. The van der Waals surface area contributed by atoms with E-state index in [1.165, 1.54) is 0 Å². The maximum Gasteiger partial charge on any atom is 0.188 e. The van der Waals surface area contributed by atoms with Crippen LogP contribution in [0, 0.1) is 17.8 Å². The van der Waals surface area contributed by atoms with Crippen LogP contribution in [0.4, 0.5) is 5.69 Å². The van der Waals surface area contributed by atoms with Crippen molar-refractivity contribution in [2.24, 2.45) is 17.8 Å². The number of nitrogens with zero attached hydrogens (tertiary/aromatic N) is 1. The fourth-order valence-corrected chi connectivity index (χ4v) is 5.53. The predicted octanol–water partition coefficient (Wildman–Crippen LogP) is 4.32. The second-order valence-electron chi connectivity index (χ2n) is 7.40. The Morgan fingerprint density at radius 3 is 2.40 bits per heavy atom. The van der Waals surface area contributed by atoms with Crippen LogP contribution in [0.5, 0.6) is 0 Å². The molecule has 1 heterocycles. The number of Topliss-reactive ketones (excluding diaryl/α,β-unsaturated/α-hetero) is 1. The first kappa shape index (κ1) is 15.4. The molecule has 2 saturated carbocycles. The highest BCUT2D eigenvalue weighted by Gasteiger charge is 2.62. The lowest BCUT2D eigenvalue weighted by Gasteiger charge is -2.28. The van der Waals surface area contributed by atoms with Crippen LogP contribution in [-0.4, -0.2) is 23.3 Å². The molecule has 1 aliphatic heterocycles. The Balaban J connectivity index is 1.56. The van der Waals surface area contributed by atoms with E-state index in [1.807, 2.05) is 65.7 Å². The Bertz CT molecular complexity index is 781. The van der Waals surface area contributed by atoms with Crippen molar-refractivity contribution in [3.63, 3.8) is 0 Å². The van der Waals surface area contributed by atoms with Crippen molar-refractivity contribution in [3.8, 4) is 0 Å². The molecule has 1 saturated heterocycles. The summed E-state index contributed by atoms with van der Waals surface area (Å²) in [4.78, 5) is 19.7. The third kappa shape index (κ3) is 2.33. The van der Waals surface area contributed by atoms with Gasteiger partial charge in [-0.1, -0.05) is 48.5 Å². The zero-order valence-electron chi connectivity index (χ0n) is 13.8. The third-order valence-corrected chi connectivity index (χ3v) is 6.61. The van der Waals surface area contributed by atoms with Gasteiger partial charge in [0.25, 0.3) is 0 Å². The topological polar surface area (TPSA) is 29.5 Å². The Kier molecular flexibility index (Phi) is 3.61. The molecular formula is C21H20ClNO2. The van der Waals surface area contributed by atoms with Crippen LogP contribution in [0.25, 0.3) is 0 Å². The summed E-state index contributed by atoms with van der Waals surface area (Å²) < 4.78 is 0. The second kappa shape index (κ2) is 5.86. The number of benzene rings is 2. The molecule has 128 valence electrons. The maximum absolute atomic E-state index is 13.4. The number of fused-ring (bicyclic) bond motifs is 5. The van der Waals surface area contributed by atoms with E-state index in [0.717, 1.165) is 24.1 Å². The minimum absolute atomic E-state index is 0.0547. The molecule has 0 aromatic heterocycles. The van der Waals surface area contributed by atoms with Gasteiger partial charge in [0.2, 0.25) is 0 Å². The van der Waals surface area contributed by atoms with Crippen LogP contribution in [0.15, 0.2) is 60.7 Å². The molecule has 0 N–H and O–H groups in total. The first-order valence-corrected chi connectivity index (χ1v) is 9.42. The minimum Gasteiger partial charge on any atom is -0.292 e. The van der Waals surface area contributed by atoms with Crippen molar-refractivity contribution in [1.29, 1.82) is 0 Å². The molecule has 0 radical (unpaired) electrons. The van der Waals surface area contributed by atoms with E-state index in [2.05, 4.69) is 0 Å². The number of halogens is 1. The van der Waals surface area contributed by atoms with Gasteiger partial charge >= 0.3 is 0 Å². The van der Waals surface area contributed by atoms with Crippen molar-refractivity contribution in [3.05, 3.63) is 66.2 Å². The average molecular weight is 354 g/mol. The van der Waals surface area contributed by atoms with Crippen LogP contribution in [0.2, 0.25) is 0 Å².